The number of aromatic nitrogens is 6. The monoisotopic (exact) mass is 720 g/mol. The Morgan fingerprint density at radius 2 is 0.627 bits per heavy atom. The van der Waals surface area contributed by atoms with Gasteiger partial charge in [-0.15, -0.1) is 19.7 Å². The van der Waals surface area contributed by atoms with Crippen molar-refractivity contribution in [2.24, 2.45) is 0 Å². The van der Waals surface area contributed by atoms with Gasteiger partial charge in [0.25, 0.3) is 0 Å². The van der Waals surface area contributed by atoms with Crippen molar-refractivity contribution in [2.45, 2.75) is 58.5 Å². The van der Waals surface area contributed by atoms with Crippen LogP contribution in [0.3, 0.4) is 0 Å². The number of hydrogen-bond donors (Lipinski definition) is 0. The van der Waals surface area contributed by atoms with Gasteiger partial charge in [-0.05, 0) is 19.3 Å². The summed E-state index contributed by atoms with van der Waals surface area (Å²) in [4.78, 5) is 74.4. The van der Waals surface area contributed by atoms with Crippen LogP contribution >= 0.6 is 0 Å². The predicted molar refractivity (Wildman–Crippen MR) is 189 cm³/mol. The number of allylic oxidation sites excluding steroid dienone is 3. The molecule has 0 unspecified atom stereocenters. The van der Waals surface area contributed by atoms with E-state index in [1.54, 1.807) is 0 Å². The van der Waals surface area contributed by atoms with Gasteiger partial charge in [0.2, 0.25) is 0 Å². The van der Waals surface area contributed by atoms with Crippen molar-refractivity contribution in [2.75, 3.05) is 40.2 Å². The lowest BCUT2D eigenvalue weighted by atomic mass is 10.4. The highest BCUT2D eigenvalue weighted by Crippen LogP contribution is 1.92. The van der Waals surface area contributed by atoms with Crippen LogP contribution in [-0.4, -0.2) is 67.6 Å². The second-order valence-corrected chi connectivity index (χ2v) is 9.99. The molecule has 51 heavy (non-hydrogen) atoms. The molecule has 18 heteroatoms. The largest absolute Gasteiger partial charge is 0.476 e. The van der Waals surface area contributed by atoms with Crippen LogP contribution in [0.5, 0.6) is 0 Å². The molecule has 0 fully saturated rings. The summed E-state index contributed by atoms with van der Waals surface area (Å²) in [6.07, 6.45) is 9.13. The number of nitrogens with zero attached hydrogens (tertiary/aromatic N) is 6. The molecule has 0 saturated heterocycles. The molecule has 2 aromatic rings. The van der Waals surface area contributed by atoms with Gasteiger partial charge in [-0.3, -0.25) is 0 Å². The van der Waals surface area contributed by atoms with Crippen molar-refractivity contribution in [1.29, 1.82) is 0 Å². The number of rotatable bonds is 27. The molecular weight excluding hydrogens is 672 g/mol. The molecule has 2 aromatic heterocycles. The molecule has 0 aromatic carbocycles. The first-order valence-electron chi connectivity index (χ1n) is 15.8. The molecule has 0 saturated carbocycles. The van der Waals surface area contributed by atoms with Gasteiger partial charge in [0.1, 0.15) is 0 Å². The van der Waals surface area contributed by atoms with E-state index in [4.69, 9.17) is 28.4 Å². The van der Waals surface area contributed by atoms with Crippen molar-refractivity contribution in [3.8, 4) is 0 Å². The van der Waals surface area contributed by atoms with Gasteiger partial charge in [0.05, 0.1) is 58.2 Å². The molecule has 18 nitrogen and oxygen atoms in total. The van der Waals surface area contributed by atoms with Crippen molar-refractivity contribution < 1.29 is 28.4 Å². The van der Waals surface area contributed by atoms with E-state index in [-0.39, 0.29) is 79.5 Å². The number of hydrogen-bond acceptors (Lipinski definition) is 12. The summed E-state index contributed by atoms with van der Waals surface area (Å²) in [6.45, 7) is 21.9. The Bertz CT molecular complexity index is 1530. The minimum atomic E-state index is -0.679. The Kier molecular flexibility index (Phi) is 21.8. The third-order valence-corrected chi connectivity index (χ3v) is 6.52. The van der Waals surface area contributed by atoms with Crippen LogP contribution in [0.2, 0.25) is 0 Å². The molecule has 0 spiro atoms. The van der Waals surface area contributed by atoms with Crippen molar-refractivity contribution in [3.05, 3.63) is 139 Å². The van der Waals surface area contributed by atoms with Gasteiger partial charge in [-0.25, -0.2) is 56.2 Å². The zero-order valence-corrected chi connectivity index (χ0v) is 28.9. The Balaban J connectivity index is 0.000000607. The van der Waals surface area contributed by atoms with Crippen LogP contribution in [-0.2, 0) is 67.7 Å². The quantitative estimate of drug-likeness (QED) is 0.0539. The molecule has 0 aliphatic carbocycles. The summed E-state index contributed by atoms with van der Waals surface area (Å²) < 4.78 is 36.2. The van der Waals surface area contributed by atoms with E-state index in [1.807, 2.05) is 0 Å². The molecule has 0 atom stereocenters. The fourth-order valence-electron chi connectivity index (χ4n) is 4.23. The molecule has 0 radical (unpaired) electrons. The van der Waals surface area contributed by atoms with Crippen molar-refractivity contribution in [1.82, 2.24) is 27.4 Å². The Morgan fingerprint density at radius 3 is 0.843 bits per heavy atom. The molecule has 2 rings (SSSR count). The first-order valence-corrected chi connectivity index (χ1v) is 15.8. The smallest absolute Gasteiger partial charge is 0.336 e. The highest BCUT2D eigenvalue weighted by Gasteiger charge is 2.16. The normalized spacial score (nSPS) is 10.4. The summed E-state index contributed by atoms with van der Waals surface area (Å²) >= 11 is 0. The van der Waals surface area contributed by atoms with Gasteiger partial charge in [0.15, 0.2) is 20.4 Å². The van der Waals surface area contributed by atoms with Crippen molar-refractivity contribution in [3.63, 3.8) is 0 Å². The van der Waals surface area contributed by atoms with Gasteiger partial charge in [-0.2, -0.15) is 0 Å². The van der Waals surface area contributed by atoms with E-state index in [1.165, 1.54) is 37.0 Å². The van der Waals surface area contributed by atoms with E-state index < -0.39 is 34.1 Å². The summed E-state index contributed by atoms with van der Waals surface area (Å²) in [5, 5.41) is 0. The van der Waals surface area contributed by atoms with Crippen LogP contribution in [0.1, 0.15) is 19.3 Å². The van der Waals surface area contributed by atoms with E-state index in [9.17, 15) is 28.8 Å². The predicted octanol–water partition coefficient (Wildman–Crippen LogP) is 0.474. The van der Waals surface area contributed by atoms with E-state index in [2.05, 4.69) is 39.5 Å². The van der Waals surface area contributed by atoms with E-state index in [0.29, 0.717) is 19.3 Å². The van der Waals surface area contributed by atoms with E-state index in [0.717, 1.165) is 27.4 Å². The maximum absolute atomic E-state index is 12.8. The second kappa shape index (κ2) is 25.5. The van der Waals surface area contributed by atoms with Crippen LogP contribution in [0.25, 0.3) is 0 Å². The zero-order chi connectivity index (χ0) is 38.0. The lowest BCUT2D eigenvalue weighted by molar-refractivity contribution is -0.0135. The van der Waals surface area contributed by atoms with Gasteiger partial charge in [0, 0.05) is 19.6 Å². The Morgan fingerprint density at radius 1 is 0.392 bits per heavy atom. The van der Waals surface area contributed by atoms with Gasteiger partial charge in [-0.1, -0.05) is 38.0 Å². The van der Waals surface area contributed by atoms with E-state index >= 15 is 0 Å². The average Bonchev–Trinajstić information content (AvgIpc) is 3.12. The van der Waals surface area contributed by atoms with Gasteiger partial charge >= 0.3 is 34.1 Å². The highest BCUT2D eigenvalue weighted by atomic mass is 16.7. The summed E-state index contributed by atoms with van der Waals surface area (Å²) in [6, 6.07) is 0. The molecule has 0 aliphatic heterocycles. The minimum Gasteiger partial charge on any atom is -0.476 e. The molecule has 0 aliphatic rings. The molecule has 2 heterocycles. The maximum Gasteiger partial charge on any atom is 0.336 e. The average molecular weight is 721 g/mol. The third kappa shape index (κ3) is 14.1. The van der Waals surface area contributed by atoms with Gasteiger partial charge < -0.3 is 28.4 Å². The maximum atomic E-state index is 12.8. The van der Waals surface area contributed by atoms with Crippen LogP contribution in [0.15, 0.2) is 105 Å². The summed E-state index contributed by atoms with van der Waals surface area (Å²) in [5.41, 5.74) is -4.02. The second-order valence-electron chi connectivity index (χ2n) is 9.99. The molecule has 282 valence electrons. The fourth-order valence-corrected chi connectivity index (χ4v) is 4.23. The standard InChI is InChI=1S/C21H33N3O9.C12H15N3O3/c1-4-28-16-31-13-7-10-22-19(25)23(11-8-14-32-17-29-5-2)21(27)24(20(22)26)12-9-15-33-18-30-6-3;1-4-7-13-10(16)14(8-5-2)12(18)15(9-6-3)11(13)17/h4-6H,1-3,7-18H2;4-6H,1-3,7-9H2. The summed E-state index contributed by atoms with van der Waals surface area (Å²) in [7, 11) is 0. The van der Waals surface area contributed by atoms with Crippen molar-refractivity contribution >= 4 is 0 Å². The Labute approximate surface area is 293 Å². The minimum absolute atomic E-state index is 0.0211. The zero-order valence-electron chi connectivity index (χ0n) is 28.9. The highest BCUT2D eigenvalue weighted by molar-refractivity contribution is 4.86. The van der Waals surface area contributed by atoms with Crippen LogP contribution in [0.4, 0.5) is 0 Å². The fraction of sp³-hybridized carbons (Fsp3) is 0.455. The third-order valence-electron chi connectivity index (χ3n) is 6.52. The lowest BCUT2D eigenvalue weighted by Crippen LogP contribution is -2.54. The molecule has 0 amide bonds. The Hall–Kier alpha value is -5.46. The first kappa shape index (κ1) is 43.6. The SMILES string of the molecule is C=CCn1c(=O)n(CC=C)c(=O)n(CC=C)c1=O.C=COCOCCCn1c(=O)n(CCCOCOC=C)c(=O)n(CCCOCOC=C)c1=O. The van der Waals surface area contributed by atoms with Crippen LogP contribution in [0, 0.1) is 0 Å². The summed E-state index contributed by atoms with van der Waals surface area (Å²) in [5.74, 6) is 0. The lowest BCUT2D eigenvalue weighted by Gasteiger charge is -2.14. The van der Waals surface area contributed by atoms with Crippen LogP contribution < -0.4 is 34.1 Å². The topological polar surface area (TPSA) is 187 Å². The molecule has 0 bridgehead atoms. The molecule has 0 N–H and O–H groups in total. The first-order chi connectivity index (χ1) is 24.7. The number of ether oxygens (including phenoxy) is 6. The molecular formula is C33H48N6O12.